The fourth-order valence-corrected chi connectivity index (χ4v) is 4.65. The van der Waals surface area contributed by atoms with Gasteiger partial charge in [-0.25, -0.2) is 0 Å². The third kappa shape index (κ3) is 3.56. The normalized spacial score (nSPS) is 26.0. The number of hydrogen-bond acceptors (Lipinski definition) is 5. The number of benzene rings is 1. The van der Waals surface area contributed by atoms with E-state index < -0.39 is 11.8 Å². The molecule has 1 N–H and O–H groups in total. The quantitative estimate of drug-likeness (QED) is 0.565. The summed E-state index contributed by atoms with van der Waals surface area (Å²) in [6.07, 6.45) is 3.03. The molecule has 2 aromatic rings. The molecule has 1 aliphatic carbocycles. The number of halogens is 1. The van der Waals surface area contributed by atoms with Crippen molar-refractivity contribution in [3.8, 4) is 0 Å². The zero-order valence-corrected chi connectivity index (χ0v) is 17.1. The maximum Gasteiger partial charge on any atom is 0.305 e. The molecule has 0 radical (unpaired) electrons. The first kappa shape index (κ1) is 19.1. The van der Waals surface area contributed by atoms with E-state index in [2.05, 4.69) is 20.9 Å². The Morgan fingerprint density at radius 3 is 2.79 bits per heavy atom. The Balaban J connectivity index is 1.55. The fourth-order valence-electron chi connectivity index (χ4n) is 4.23. The summed E-state index contributed by atoms with van der Waals surface area (Å²) >= 11 is 3.54. The van der Waals surface area contributed by atoms with Crippen LogP contribution in [0.1, 0.15) is 47.4 Å². The van der Waals surface area contributed by atoms with Gasteiger partial charge in [0.25, 0.3) is 5.91 Å². The number of hydrogen-bond donors (Lipinski definition) is 1. The molecule has 1 fully saturated rings. The summed E-state index contributed by atoms with van der Waals surface area (Å²) in [4.78, 5) is 30.5. The minimum Gasteiger partial charge on any atom is -0.433 e. The first-order valence-electron chi connectivity index (χ1n) is 9.27. The highest BCUT2D eigenvalue weighted by molar-refractivity contribution is 9.10. The van der Waals surface area contributed by atoms with E-state index >= 15 is 0 Å². The summed E-state index contributed by atoms with van der Waals surface area (Å²) in [6, 6.07) is 11.4. The lowest BCUT2D eigenvalue weighted by Crippen LogP contribution is -2.51. The van der Waals surface area contributed by atoms with E-state index in [0.717, 1.165) is 15.7 Å². The van der Waals surface area contributed by atoms with Crippen LogP contribution in [0.4, 0.5) is 0 Å². The van der Waals surface area contributed by atoms with Crippen molar-refractivity contribution in [2.75, 3.05) is 6.54 Å². The number of fused-ring (bicyclic) bond motifs is 1. The number of carbonyl (C=O) groups is 2. The molecule has 0 saturated heterocycles. The van der Waals surface area contributed by atoms with Gasteiger partial charge in [0.1, 0.15) is 0 Å². The van der Waals surface area contributed by atoms with Crippen LogP contribution in [0.25, 0.3) is 0 Å². The maximum absolute atomic E-state index is 13.0. The lowest BCUT2D eigenvalue weighted by atomic mass is 9.78. The number of esters is 1. The molecule has 4 rings (SSSR count). The SMILES string of the molecule is CC(=O)OC1(O)CC(CN2C(=O)c3ccccc3C2Cc2ncccc2Br)C1. The molecule has 1 aromatic carbocycles. The minimum atomic E-state index is -1.40. The largest absolute Gasteiger partial charge is 0.433 e. The van der Waals surface area contributed by atoms with Crippen LogP contribution < -0.4 is 0 Å². The Bertz CT molecular complexity index is 926. The number of pyridine rings is 1. The van der Waals surface area contributed by atoms with Crippen molar-refractivity contribution in [1.29, 1.82) is 0 Å². The van der Waals surface area contributed by atoms with E-state index in [9.17, 15) is 14.7 Å². The van der Waals surface area contributed by atoms with Crippen LogP contribution in [0.15, 0.2) is 47.1 Å². The summed E-state index contributed by atoms with van der Waals surface area (Å²) in [6.45, 7) is 1.79. The van der Waals surface area contributed by atoms with E-state index in [1.807, 2.05) is 41.3 Å². The Hall–Kier alpha value is -2.25. The summed E-state index contributed by atoms with van der Waals surface area (Å²) in [5, 5.41) is 10.2. The van der Waals surface area contributed by atoms with Crippen LogP contribution >= 0.6 is 15.9 Å². The third-order valence-electron chi connectivity index (χ3n) is 5.41. The van der Waals surface area contributed by atoms with Gasteiger partial charge in [0.15, 0.2) is 0 Å². The molecule has 1 unspecified atom stereocenters. The highest BCUT2D eigenvalue weighted by Crippen LogP contribution is 2.43. The monoisotopic (exact) mass is 444 g/mol. The average molecular weight is 445 g/mol. The van der Waals surface area contributed by atoms with Crippen molar-refractivity contribution in [2.24, 2.45) is 5.92 Å². The first-order valence-corrected chi connectivity index (χ1v) is 10.1. The molecule has 146 valence electrons. The van der Waals surface area contributed by atoms with Gasteiger partial charge in [-0.05, 0) is 45.6 Å². The summed E-state index contributed by atoms with van der Waals surface area (Å²) < 4.78 is 5.91. The van der Waals surface area contributed by atoms with E-state index in [4.69, 9.17) is 4.74 Å². The van der Waals surface area contributed by atoms with Gasteiger partial charge < -0.3 is 14.7 Å². The van der Waals surface area contributed by atoms with Gasteiger partial charge >= 0.3 is 5.97 Å². The number of aromatic nitrogens is 1. The van der Waals surface area contributed by atoms with Gasteiger partial charge in [-0.3, -0.25) is 14.6 Å². The molecular formula is C21H21BrN2O4. The zero-order valence-electron chi connectivity index (χ0n) is 15.5. The molecule has 2 heterocycles. The molecule has 1 aliphatic heterocycles. The van der Waals surface area contributed by atoms with Crippen molar-refractivity contribution in [3.05, 3.63) is 63.9 Å². The number of amides is 1. The van der Waals surface area contributed by atoms with Crippen LogP contribution in [-0.4, -0.2) is 39.2 Å². The standard InChI is InChI=1S/C21H21BrN2O4/c1-13(25)28-21(27)10-14(11-21)12-24-19(9-18-17(22)7-4-8-23-18)15-5-2-3-6-16(15)20(24)26/h2-8,14,19,27H,9-12H2,1H3. The highest BCUT2D eigenvalue weighted by atomic mass is 79.9. The molecule has 28 heavy (non-hydrogen) atoms. The number of aliphatic hydroxyl groups is 1. The second-order valence-electron chi connectivity index (χ2n) is 7.51. The van der Waals surface area contributed by atoms with Gasteiger partial charge in [-0.1, -0.05) is 18.2 Å². The number of rotatable bonds is 5. The van der Waals surface area contributed by atoms with Gasteiger partial charge in [-0.2, -0.15) is 0 Å². The molecule has 2 aliphatic rings. The first-order chi connectivity index (χ1) is 13.4. The van der Waals surface area contributed by atoms with Crippen molar-refractivity contribution in [2.45, 2.75) is 38.0 Å². The number of nitrogens with zero attached hydrogens (tertiary/aromatic N) is 2. The van der Waals surface area contributed by atoms with Gasteiger partial charge in [0.05, 0.1) is 11.7 Å². The molecule has 1 saturated carbocycles. The Kier molecular flexibility index (Phi) is 4.97. The van der Waals surface area contributed by atoms with Crippen molar-refractivity contribution >= 4 is 27.8 Å². The number of carbonyl (C=O) groups excluding carboxylic acids is 2. The molecule has 1 aromatic heterocycles. The lowest BCUT2D eigenvalue weighted by molar-refractivity contribution is -0.255. The predicted molar refractivity (Wildman–Crippen MR) is 105 cm³/mol. The molecule has 0 spiro atoms. The molecular weight excluding hydrogens is 424 g/mol. The zero-order chi connectivity index (χ0) is 19.9. The topological polar surface area (TPSA) is 79.7 Å². The second kappa shape index (κ2) is 7.29. The molecule has 0 bridgehead atoms. The third-order valence-corrected chi connectivity index (χ3v) is 6.13. The summed E-state index contributed by atoms with van der Waals surface area (Å²) in [5.41, 5.74) is 2.61. The van der Waals surface area contributed by atoms with Gasteiger partial charge in [0, 0.05) is 49.0 Å². The molecule has 6 nitrogen and oxygen atoms in total. The smallest absolute Gasteiger partial charge is 0.305 e. The van der Waals surface area contributed by atoms with Gasteiger partial charge in [0.2, 0.25) is 5.79 Å². The summed E-state index contributed by atoms with van der Waals surface area (Å²) in [7, 11) is 0. The van der Waals surface area contributed by atoms with Crippen molar-refractivity contribution < 1.29 is 19.4 Å². The minimum absolute atomic E-state index is 0.00409. The number of ether oxygens (including phenoxy) is 1. The van der Waals surface area contributed by atoms with Crippen LogP contribution in [0, 0.1) is 5.92 Å². The average Bonchev–Trinajstić information content (AvgIpc) is 2.88. The Morgan fingerprint density at radius 1 is 1.32 bits per heavy atom. The second-order valence-corrected chi connectivity index (χ2v) is 8.37. The van der Waals surface area contributed by atoms with Crippen LogP contribution in [0.3, 0.4) is 0 Å². The van der Waals surface area contributed by atoms with Crippen LogP contribution in [-0.2, 0) is 16.0 Å². The Morgan fingerprint density at radius 2 is 2.07 bits per heavy atom. The summed E-state index contributed by atoms with van der Waals surface area (Å²) in [5.74, 6) is -1.82. The highest BCUT2D eigenvalue weighted by Gasteiger charge is 2.48. The maximum atomic E-state index is 13.0. The Labute approximate surface area is 171 Å². The molecule has 1 atom stereocenters. The van der Waals surface area contributed by atoms with E-state index in [-0.39, 0.29) is 17.9 Å². The van der Waals surface area contributed by atoms with E-state index in [1.165, 1.54) is 6.92 Å². The van der Waals surface area contributed by atoms with Gasteiger partial charge in [-0.15, -0.1) is 0 Å². The van der Waals surface area contributed by atoms with Crippen molar-refractivity contribution in [3.63, 3.8) is 0 Å². The van der Waals surface area contributed by atoms with E-state index in [0.29, 0.717) is 31.4 Å². The van der Waals surface area contributed by atoms with Crippen LogP contribution in [0.2, 0.25) is 0 Å². The van der Waals surface area contributed by atoms with Crippen molar-refractivity contribution in [1.82, 2.24) is 9.88 Å². The fraction of sp³-hybridized carbons (Fsp3) is 0.381. The van der Waals surface area contributed by atoms with E-state index in [1.54, 1.807) is 6.20 Å². The predicted octanol–water partition coefficient (Wildman–Crippen LogP) is 3.25. The van der Waals surface area contributed by atoms with Crippen LogP contribution in [0.5, 0.6) is 0 Å². The lowest BCUT2D eigenvalue weighted by Gasteiger charge is -2.44. The molecule has 7 heteroatoms. The molecule has 1 amide bonds.